The van der Waals surface area contributed by atoms with E-state index in [1.54, 1.807) is 6.92 Å². The van der Waals surface area contributed by atoms with Gasteiger partial charge in [-0.1, -0.05) is 78.9 Å². The molecule has 30 heavy (non-hydrogen) atoms. The van der Waals surface area contributed by atoms with Gasteiger partial charge in [-0.15, -0.1) is 0 Å². The van der Waals surface area contributed by atoms with Gasteiger partial charge in [-0.05, 0) is 34.7 Å². The molecule has 0 saturated carbocycles. The standard InChI is InChI=1S/C26H23NO3/c1-2-30-25(29)24-16-19(28)17-27(24)26(18-10-4-3-5-11-18)22-14-8-6-12-20(22)21-13-7-9-15-23(21)26/h3-15,24H,2,16-17H2,1H3/t24-/m0/s1. The van der Waals surface area contributed by atoms with Gasteiger partial charge >= 0.3 is 5.97 Å². The topological polar surface area (TPSA) is 46.6 Å². The molecule has 3 aromatic rings. The third kappa shape index (κ3) is 2.57. The molecule has 3 aromatic carbocycles. The van der Waals surface area contributed by atoms with E-state index in [4.69, 9.17) is 4.74 Å². The van der Waals surface area contributed by atoms with E-state index < -0.39 is 11.6 Å². The summed E-state index contributed by atoms with van der Waals surface area (Å²) in [5, 5.41) is 0. The molecule has 1 atom stereocenters. The van der Waals surface area contributed by atoms with Crippen molar-refractivity contribution in [2.75, 3.05) is 13.2 Å². The fourth-order valence-corrected chi connectivity index (χ4v) is 5.17. The largest absolute Gasteiger partial charge is 0.465 e. The Morgan fingerprint density at radius 1 is 0.933 bits per heavy atom. The third-order valence-electron chi connectivity index (χ3n) is 6.25. The van der Waals surface area contributed by atoms with Crippen LogP contribution in [0.5, 0.6) is 0 Å². The fourth-order valence-electron chi connectivity index (χ4n) is 5.17. The highest BCUT2D eigenvalue weighted by atomic mass is 16.5. The van der Waals surface area contributed by atoms with Crippen LogP contribution in [-0.2, 0) is 19.9 Å². The number of esters is 1. The van der Waals surface area contributed by atoms with Gasteiger partial charge in [0, 0.05) is 6.42 Å². The van der Waals surface area contributed by atoms with Crippen LogP contribution in [0.3, 0.4) is 0 Å². The average Bonchev–Trinajstić information content (AvgIpc) is 3.31. The molecule has 0 amide bonds. The number of ether oxygens (including phenoxy) is 1. The maximum absolute atomic E-state index is 12.9. The van der Waals surface area contributed by atoms with Crippen LogP contribution in [0.15, 0.2) is 78.9 Å². The zero-order valence-corrected chi connectivity index (χ0v) is 16.9. The number of fused-ring (bicyclic) bond motifs is 3. The van der Waals surface area contributed by atoms with Crippen molar-refractivity contribution in [3.8, 4) is 11.1 Å². The van der Waals surface area contributed by atoms with Gasteiger partial charge in [-0.2, -0.15) is 0 Å². The number of benzene rings is 3. The Hall–Kier alpha value is -3.24. The summed E-state index contributed by atoms with van der Waals surface area (Å²) in [5.41, 5.74) is 4.80. The first kappa shape index (κ1) is 18.8. The van der Waals surface area contributed by atoms with E-state index >= 15 is 0 Å². The molecular formula is C26H23NO3. The zero-order chi connectivity index (χ0) is 20.7. The van der Waals surface area contributed by atoms with E-state index in [-0.39, 0.29) is 24.7 Å². The predicted molar refractivity (Wildman–Crippen MR) is 115 cm³/mol. The number of likely N-dealkylation sites (tertiary alicyclic amines) is 1. The van der Waals surface area contributed by atoms with Gasteiger partial charge in [0.15, 0.2) is 0 Å². The lowest BCUT2D eigenvalue weighted by atomic mass is 9.78. The second-order valence-electron chi connectivity index (χ2n) is 7.81. The summed E-state index contributed by atoms with van der Waals surface area (Å²) >= 11 is 0. The second-order valence-corrected chi connectivity index (χ2v) is 7.81. The van der Waals surface area contributed by atoms with Gasteiger partial charge in [0.2, 0.25) is 0 Å². The Kier molecular flexibility index (Phi) is 4.52. The van der Waals surface area contributed by atoms with Crippen LogP contribution in [0.4, 0.5) is 0 Å². The van der Waals surface area contributed by atoms with E-state index in [1.165, 1.54) is 0 Å². The molecule has 1 fully saturated rings. The monoisotopic (exact) mass is 397 g/mol. The van der Waals surface area contributed by atoms with Crippen LogP contribution in [0.25, 0.3) is 11.1 Å². The predicted octanol–water partition coefficient (Wildman–Crippen LogP) is 4.17. The Bertz CT molecular complexity index is 1080. The summed E-state index contributed by atoms with van der Waals surface area (Å²) in [5.74, 6) is -0.272. The molecular weight excluding hydrogens is 374 g/mol. The van der Waals surface area contributed by atoms with Crippen molar-refractivity contribution in [3.05, 3.63) is 95.6 Å². The summed E-state index contributed by atoms with van der Waals surface area (Å²) < 4.78 is 5.39. The van der Waals surface area contributed by atoms with E-state index in [0.29, 0.717) is 6.61 Å². The van der Waals surface area contributed by atoms with Crippen molar-refractivity contribution >= 4 is 11.8 Å². The van der Waals surface area contributed by atoms with Crippen molar-refractivity contribution in [3.63, 3.8) is 0 Å². The van der Waals surface area contributed by atoms with E-state index in [0.717, 1.165) is 27.8 Å². The summed E-state index contributed by atoms with van der Waals surface area (Å²) in [6, 6.07) is 26.2. The highest BCUT2D eigenvalue weighted by molar-refractivity contribution is 5.93. The van der Waals surface area contributed by atoms with E-state index in [9.17, 15) is 9.59 Å². The van der Waals surface area contributed by atoms with Gasteiger partial charge in [-0.25, -0.2) is 0 Å². The first-order chi connectivity index (χ1) is 14.7. The maximum Gasteiger partial charge on any atom is 0.323 e. The lowest BCUT2D eigenvalue weighted by Crippen LogP contribution is -2.52. The first-order valence-corrected chi connectivity index (χ1v) is 10.4. The number of hydrogen-bond donors (Lipinski definition) is 0. The Morgan fingerprint density at radius 3 is 2.10 bits per heavy atom. The normalized spacial score (nSPS) is 19.4. The van der Waals surface area contributed by atoms with Crippen molar-refractivity contribution in [2.24, 2.45) is 0 Å². The van der Waals surface area contributed by atoms with Crippen molar-refractivity contribution in [1.29, 1.82) is 0 Å². The van der Waals surface area contributed by atoms with Gasteiger partial charge in [-0.3, -0.25) is 14.5 Å². The lowest BCUT2D eigenvalue weighted by Gasteiger charge is -2.43. The number of nitrogens with zero attached hydrogens (tertiary/aromatic N) is 1. The second kappa shape index (κ2) is 7.22. The molecule has 0 radical (unpaired) electrons. The lowest BCUT2D eigenvalue weighted by molar-refractivity contribution is -0.150. The number of hydrogen-bond acceptors (Lipinski definition) is 4. The Labute approximate surface area is 176 Å². The summed E-state index contributed by atoms with van der Waals surface area (Å²) in [7, 11) is 0. The van der Waals surface area contributed by atoms with Crippen LogP contribution in [0.1, 0.15) is 30.0 Å². The average molecular weight is 397 g/mol. The van der Waals surface area contributed by atoms with Crippen molar-refractivity contribution in [1.82, 2.24) is 4.90 Å². The molecule has 1 aliphatic heterocycles. The number of carbonyl (C=O) groups is 2. The van der Waals surface area contributed by atoms with E-state index in [2.05, 4.69) is 41.3 Å². The fraction of sp³-hybridized carbons (Fsp3) is 0.231. The van der Waals surface area contributed by atoms with Gasteiger partial charge < -0.3 is 4.74 Å². The van der Waals surface area contributed by atoms with Gasteiger partial charge in [0.25, 0.3) is 0 Å². The highest BCUT2D eigenvalue weighted by Crippen LogP contribution is 2.55. The molecule has 0 spiro atoms. The molecule has 150 valence electrons. The van der Waals surface area contributed by atoms with Crippen LogP contribution in [0.2, 0.25) is 0 Å². The minimum Gasteiger partial charge on any atom is -0.465 e. The molecule has 0 bridgehead atoms. The Morgan fingerprint density at radius 2 is 1.50 bits per heavy atom. The number of carbonyl (C=O) groups excluding carboxylic acids is 2. The maximum atomic E-state index is 12.9. The number of ketones is 1. The molecule has 1 saturated heterocycles. The summed E-state index contributed by atoms with van der Waals surface area (Å²) in [6.45, 7) is 2.30. The Balaban J connectivity index is 1.83. The molecule has 5 rings (SSSR count). The highest BCUT2D eigenvalue weighted by Gasteiger charge is 2.55. The molecule has 0 aromatic heterocycles. The molecule has 0 unspecified atom stereocenters. The van der Waals surface area contributed by atoms with Crippen LogP contribution < -0.4 is 0 Å². The SMILES string of the molecule is CCOC(=O)[C@@H]1CC(=O)CN1C1(c2ccccc2)c2ccccc2-c2ccccc21. The molecule has 1 aliphatic carbocycles. The van der Waals surface area contributed by atoms with Crippen LogP contribution in [-0.4, -0.2) is 35.8 Å². The molecule has 4 nitrogen and oxygen atoms in total. The van der Waals surface area contributed by atoms with Crippen LogP contribution >= 0.6 is 0 Å². The third-order valence-corrected chi connectivity index (χ3v) is 6.25. The summed E-state index contributed by atoms with van der Waals surface area (Å²) in [6.07, 6.45) is 0.178. The summed E-state index contributed by atoms with van der Waals surface area (Å²) in [4.78, 5) is 27.7. The van der Waals surface area contributed by atoms with Crippen LogP contribution in [0, 0.1) is 0 Å². The smallest absolute Gasteiger partial charge is 0.323 e. The van der Waals surface area contributed by atoms with Crippen molar-refractivity contribution < 1.29 is 14.3 Å². The van der Waals surface area contributed by atoms with Gasteiger partial charge in [0.1, 0.15) is 11.8 Å². The number of rotatable bonds is 4. The quantitative estimate of drug-likeness (QED) is 0.620. The van der Waals surface area contributed by atoms with E-state index in [1.807, 2.05) is 42.5 Å². The molecule has 4 heteroatoms. The molecule has 0 N–H and O–H groups in total. The molecule has 1 heterocycles. The minimum absolute atomic E-state index is 0.0604. The molecule has 2 aliphatic rings. The van der Waals surface area contributed by atoms with Gasteiger partial charge in [0.05, 0.1) is 18.7 Å². The zero-order valence-electron chi connectivity index (χ0n) is 16.9. The first-order valence-electron chi connectivity index (χ1n) is 10.4. The minimum atomic E-state index is -0.724. The number of Topliss-reactive ketones (excluding diaryl/α,β-unsaturated/α-hetero) is 1. The van der Waals surface area contributed by atoms with Crippen molar-refractivity contribution in [2.45, 2.75) is 24.9 Å².